The van der Waals surface area contributed by atoms with E-state index in [0.717, 1.165) is 36.1 Å². The second kappa shape index (κ2) is 10.9. The SMILES string of the molecule is COc1ccc(N(C(=O)Cn2nnc3ccccc32)[C@H](C(=O)NC2CCCCC2)c2cccs2)cc1. The molecule has 2 aromatic carbocycles. The number of hydrogen-bond donors (Lipinski definition) is 1. The van der Waals surface area contributed by atoms with Crippen LogP contribution in [-0.4, -0.2) is 40.0 Å². The predicted molar refractivity (Wildman–Crippen MR) is 140 cm³/mol. The molecule has 5 rings (SSSR count). The predicted octanol–water partition coefficient (Wildman–Crippen LogP) is 4.72. The summed E-state index contributed by atoms with van der Waals surface area (Å²) in [6.07, 6.45) is 5.34. The van der Waals surface area contributed by atoms with E-state index < -0.39 is 6.04 Å². The van der Waals surface area contributed by atoms with Crippen LogP contribution in [0.5, 0.6) is 5.75 Å². The number of hydrogen-bond acceptors (Lipinski definition) is 6. The number of nitrogens with one attached hydrogen (secondary N) is 1. The van der Waals surface area contributed by atoms with Gasteiger partial charge < -0.3 is 10.1 Å². The van der Waals surface area contributed by atoms with Gasteiger partial charge in [0.05, 0.1) is 12.6 Å². The monoisotopic (exact) mass is 503 g/mol. The van der Waals surface area contributed by atoms with E-state index in [9.17, 15) is 9.59 Å². The van der Waals surface area contributed by atoms with Gasteiger partial charge in [0.1, 0.15) is 23.9 Å². The zero-order valence-corrected chi connectivity index (χ0v) is 21.0. The third-order valence-electron chi connectivity index (χ3n) is 6.60. The summed E-state index contributed by atoms with van der Waals surface area (Å²) in [5.41, 5.74) is 2.09. The van der Waals surface area contributed by atoms with Crippen LogP contribution in [0.3, 0.4) is 0 Å². The zero-order chi connectivity index (χ0) is 24.9. The van der Waals surface area contributed by atoms with Crippen molar-refractivity contribution in [1.82, 2.24) is 20.3 Å². The van der Waals surface area contributed by atoms with Crippen molar-refractivity contribution in [2.75, 3.05) is 12.0 Å². The van der Waals surface area contributed by atoms with Gasteiger partial charge in [0, 0.05) is 16.6 Å². The van der Waals surface area contributed by atoms with Crippen LogP contribution in [0.1, 0.15) is 43.0 Å². The first-order valence-electron chi connectivity index (χ1n) is 12.2. The topological polar surface area (TPSA) is 89.3 Å². The average Bonchev–Trinajstić information content (AvgIpc) is 3.58. The number of nitrogens with zero attached hydrogens (tertiary/aromatic N) is 4. The van der Waals surface area contributed by atoms with E-state index in [4.69, 9.17) is 4.74 Å². The number of para-hydroxylation sites is 1. The molecule has 2 amide bonds. The Hall–Kier alpha value is -3.72. The number of benzene rings is 2. The number of anilines is 1. The lowest BCUT2D eigenvalue weighted by molar-refractivity contribution is -0.127. The number of fused-ring (bicyclic) bond motifs is 1. The largest absolute Gasteiger partial charge is 0.497 e. The molecule has 1 atom stereocenters. The Kier molecular flexibility index (Phi) is 7.27. The van der Waals surface area contributed by atoms with E-state index in [2.05, 4.69) is 15.6 Å². The number of methoxy groups -OCH3 is 1. The van der Waals surface area contributed by atoms with Crippen LogP contribution in [0.25, 0.3) is 11.0 Å². The zero-order valence-electron chi connectivity index (χ0n) is 20.2. The number of ether oxygens (including phenoxy) is 1. The van der Waals surface area contributed by atoms with Crippen molar-refractivity contribution in [3.63, 3.8) is 0 Å². The van der Waals surface area contributed by atoms with Crippen LogP contribution in [0.2, 0.25) is 0 Å². The maximum atomic E-state index is 14.0. The van der Waals surface area contributed by atoms with Gasteiger partial charge in [-0.25, -0.2) is 4.68 Å². The van der Waals surface area contributed by atoms with Crippen molar-refractivity contribution < 1.29 is 14.3 Å². The van der Waals surface area contributed by atoms with Crippen LogP contribution < -0.4 is 15.0 Å². The molecular weight excluding hydrogens is 474 g/mol. The van der Waals surface area contributed by atoms with Crippen LogP contribution >= 0.6 is 11.3 Å². The fourth-order valence-electron chi connectivity index (χ4n) is 4.77. The highest BCUT2D eigenvalue weighted by Gasteiger charge is 2.35. The van der Waals surface area contributed by atoms with E-state index in [-0.39, 0.29) is 24.4 Å². The van der Waals surface area contributed by atoms with E-state index in [1.165, 1.54) is 17.8 Å². The van der Waals surface area contributed by atoms with Crippen molar-refractivity contribution in [1.29, 1.82) is 0 Å². The molecule has 0 spiro atoms. The first-order valence-corrected chi connectivity index (χ1v) is 13.1. The Morgan fingerprint density at radius 2 is 1.86 bits per heavy atom. The second-order valence-electron chi connectivity index (χ2n) is 8.96. The average molecular weight is 504 g/mol. The molecule has 0 saturated heterocycles. The summed E-state index contributed by atoms with van der Waals surface area (Å²) in [7, 11) is 1.60. The Morgan fingerprint density at radius 1 is 1.08 bits per heavy atom. The molecule has 2 heterocycles. The lowest BCUT2D eigenvalue weighted by Gasteiger charge is -2.32. The summed E-state index contributed by atoms with van der Waals surface area (Å²) in [5, 5.41) is 13.5. The molecule has 0 radical (unpaired) electrons. The normalized spacial score (nSPS) is 14.9. The van der Waals surface area contributed by atoms with E-state index >= 15 is 0 Å². The molecule has 0 aliphatic heterocycles. The lowest BCUT2D eigenvalue weighted by atomic mass is 9.95. The van der Waals surface area contributed by atoms with Gasteiger partial charge in [-0.05, 0) is 60.7 Å². The Morgan fingerprint density at radius 3 is 2.58 bits per heavy atom. The Labute approximate surface area is 213 Å². The summed E-state index contributed by atoms with van der Waals surface area (Å²) >= 11 is 1.47. The van der Waals surface area contributed by atoms with Gasteiger partial charge in [-0.3, -0.25) is 14.5 Å². The fourth-order valence-corrected chi connectivity index (χ4v) is 5.58. The highest BCUT2D eigenvalue weighted by atomic mass is 32.1. The van der Waals surface area contributed by atoms with Crippen LogP contribution in [0.4, 0.5) is 5.69 Å². The van der Waals surface area contributed by atoms with Gasteiger partial charge in [0.25, 0.3) is 0 Å². The minimum absolute atomic E-state index is 0.0505. The van der Waals surface area contributed by atoms with Crippen molar-refractivity contribution in [2.24, 2.45) is 0 Å². The summed E-state index contributed by atoms with van der Waals surface area (Å²) in [6.45, 7) is -0.0505. The molecular formula is C27H29N5O3S. The summed E-state index contributed by atoms with van der Waals surface area (Å²) in [5.74, 6) is 0.248. The van der Waals surface area contributed by atoms with Gasteiger partial charge >= 0.3 is 0 Å². The van der Waals surface area contributed by atoms with Crippen molar-refractivity contribution in [2.45, 2.75) is 50.7 Å². The molecule has 1 N–H and O–H groups in total. The van der Waals surface area contributed by atoms with Crippen molar-refractivity contribution >= 4 is 39.9 Å². The molecule has 1 fully saturated rings. The number of carbonyl (C=O) groups is 2. The quantitative estimate of drug-likeness (QED) is 0.376. The molecule has 4 aromatic rings. The molecule has 1 aliphatic rings. The molecule has 186 valence electrons. The van der Waals surface area contributed by atoms with Gasteiger partial charge in [-0.2, -0.15) is 0 Å². The summed E-state index contributed by atoms with van der Waals surface area (Å²) in [4.78, 5) is 30.2. The Balaban J connectivity index is 1.52. The molecule has 2 aromatic heterocycles. The minimum Gasteiger partial charge on any atom is -0.497 e. The second-order valence-corrected chi connectivity index (χ2v) is 9.94. The van der Waals surface area contributed by atoms with Gasteiger partial charge in [0.2, 0.25) is 11.8 Å². The fraction of sp³-hybridized carbons (Fsp3) is 0.333. The van der Waals surface area contributed by atoms with Crippen LogP contribution in [-0.2, 0) is 16.1 Å². The van der Waals surface area contributed by atoms with E-state index in [1.54, 1.807) is 28.8 Å². The standard InChI is InChI=1S/C27H29N5O3S/c1-35-21-15-13-20(14-16-21)32(25(33)18-31-23-11-6-5-10-22(23)29-30-31)26(24-12-7-17-36-24)27(34)28-19-8-3-2-4-9-19/h5-7,10-17,19,26H,2-4,8-9,18H2,1H3,(H,28,34)/t26-/m0/s1. The molecule has 36 heavy (non-hydrogen) atoms. The number of thiophene rings is 1. The maximum absolute atomic E-state index is 14.0. The third-order valence-corrected chi connectivity index (χ3v) is 7.52. The molecule has 0 bridgehead atoms. The Bertz CT molecular complexity index is 1310. The minimum atomic E-state index is -0.803. The first-order chi connectivity index (χ1) is 17.6. The van der Waals surface area contributed by atoms with Crippen LogP contribution in [0.15, 0.2) is 66.0 Å². The maximum Gasteiger partial charge on any atom is 0.249 e. The third kappa shape index (κ3) is 5.11. The smallest absolute Gasteiger partial charge is 0.249 e. The molecule has 8 nitrogen and oxygen atoms in total. The lowest BCUT2D eigenvalue weighted by Crippen LogP contribution is -2.48. The number of aromatic nitrogens is 3. The highest BCUT2D eigenvalue weighted by molar-refractivity contribution is 7.10. The van der Waals surface area contributed by atoms with Crippen molar-refractivity contribution in [3.05, 3.63) is 70.9 Å². The summed E-state index contributed by atoms with van der Waals surface area (Å²) in [6, 6.07) is 17.9. The van der Waals surface area contributed by atoms with Crippen LogP contribution in [0, 0.1) is 0 Å². The molecule has 1 saturated carbocycles. The highest BCUT2D eigenvalue weighted by Crippen LogP contribution is 2.33. The molecule has 1 aliphatic carbocycles. The molecule has 0 unspecified atom stereocenters. The molecule has 9 heteroatoms. The van der Waals surface area contributed by atoms with E-state index in [0.29, 0.717) is 17.0 Å². The number of carbonyl (C=O) groups excluding carboxylic acids is 2. The summed E-state index contributed by atoms with van der Waals surface area (Å²) < 4.78 is 6.90. The van der Waals surface area contributed by atoms with Crippen molar-refractivity contribution in [3.8, 4) is 5.75 Å². The van der Waals surface area contributed by atoms with Gasteiger partial charge in [0.15, 0.2) is 0 Å². The van der Waals surface area contributed by atoms with E-state index in [1.807, 2.05) is 53.9 Å². The van der Waals surface area contributed by atoms with Gasteiger partial charge in [-0.15, -0.1) is 16.4 Å². The number of rotatable bonds is 8. The first kappa shape index (κ1) is 24.0. The van der Waals surface area contributed by atoms with Gasteiger partial charge in [-0.1, -0.05) is 42.7 Å². The number of amides is 2.